The lowest BCUT2D eigenvalue weighted by Gasteiger charge is -2.38. The van der Waals surface area contributed by atoms with Crippen LogP contribution in [0.3, 0.4) is 0 Å². The van der Waals surface area contributed by atoms with Crippen molar-refractivity contribution in [3.8, 4) is 0 Å². The van der Waals surface area contributed by atoms with Gasteiger partial charge in [-0.3, -0.25) is 4.68 Å². The average molecular weight is 195 g/mol. The van der Waals surface area contributed by atoms with Crippen LogP contribution in [0, 0.1) is 13.8 Å². The largest absolute Gasteiger partial charge is 0.382 e. The molecule has 2 N–H and O–H groups in total. The van der Waals surface area contributed by atoms with Crippen LogP contribution in [0.5, 0.6) is 0 Å². The molecule has 1 aliphatic heterocycles. The Balaban J connectivity index is 2.46. The van der Waals surface area contributed by atoms with Crippen molar-refractivity contribution in [2.24, 2.45) is 0 Å². The van der Waals surface area contributed by atoms with Gasteiger partial charge in [0.25, 0.3) is 0 Å². The van der Waals surface area contributed by atoms with E-state index < -0.39 is 5.60 Å². The van der Waals surface area contributed by atoms with E-state index in [0.717, 1.165) is 23.5 Å². The third-order valence-corrected chi connectivity index (χ3v) is 2.98. The summed E-state index contributed by atoms with van der Waals surface area (Å²) < 4.78 is 1.95. The lowest BCUT2D eigenvalue weighted by atomic mass is 9.87. The van der Waals surface area contributed by atoms with E-state index in [4.69, 9.17) is 0 Å². The number of aliphatic hydroxyl groups is 1. The van der Waals surface area contributed by atoms with Gasteiger partial charge in [0.1, 0.15) is 5.60 Å². The van der Waals surface area contributed by atoms with Gasteiger partial charge in [-0.25, -0.2) is 0 Å². The fourth-order valence-electron chi connectivity index (χ4n) is 2.22. The van der Waals surface area contributed by atoms with Crippen LogP contribution in [0.15, 0.2) is 0 Å². The molecule has 2 heterocycles. The first-order valence-electron chi connectivity index (χ1n) is 5.06. The van der Waals surface area contributed by atoms with Gasteiger partial charge in [0.15, 0.2) is 0 Å². The summed E-state index contributed by atoms with van der Waals surface area (Å²) in [5, 5.41) is 17.7. The van der Waals surface area contributed by atoms with Gasteiger partial charge in [-0.1, -0.05) is 0 Å². The Morgan fingerprint density at radius 1 is 1.50 bits per heavy atom. The lowest BCUT2D eigenvalue weighted by Crippen LogP contribution is -2.57. The highest BCUT2D eigenvalue weighted by atomic mass is 16.3. The molecular weight excluding hydrogens is 178 g/mol. The second kappa shape index (κ2) is 3.07. The molecule has 0 spiro atoms. The summed E-state index contributed by atoms with van der Waals surface area (Å²) in [6.07, 6.45) is 0. The minimum absolute atomic E-state index is 0.643. The van der Waals surface area contributed by atoms with Crippen molar-refractivity contribution in [1.29, 1.82) is 0 Å². The number of hydrogen-bond donors (Lipinski definition) is 2. The van der Waals surface area contributed by atoms with E-state index in [9.17, 15) is 5.11 Å². The highest BCUT2D eigenvalue weighted by molar-refractivity contribution is 5.34. The zero-order valence-corrected chi connectivity index (χ0v) is 8.96. The van der Waals surface area contributed by atoms with E-state index in [0.29, 0.717) is 13.1 Å². The summed E-state index contributed by atoms with van der Waals surface area (Å²) in [5.41, 5.74) is 2.38. The van der Waals surface area contributed by atoms with Crippen molar-refractivity contribution in [1.82, 2.24) is 15.1 Å². The molecule has 0 atom stereocenters. The summed E-state index contributed by atoms with van der Waals surface area (Å²) in [5.74, 6) is 0. The molecule has 1 saturated heterocycles. The Morgan fingerprint density at radius 3 is 2.50 bits per heavy atom. The summed E-state index contributed by atoms with van der Waals surface area (Å²) in [7, 11) is 0. The molecule has 0 amide bonds. The van der Waals surface area contributed by atoms with Crippen LogP contribution in [-0.4, -0.2) is 28.0 Å². The molecule has 1 aliphatic rings. The number of hydrogen-bond acceptors (Lipinski definition) is 3. The van der Waals surface area contributed by atoms with Crippen molar-refractivity contribution in [2.75, 3.05) is 13.1 Å². The summed E-state index contributed by atoms with van der Waals surface area (Å²) >= 11 is 0. The number of nitrogens with one attached hydrogen (secondary N) is 1. The quantitative estimate of drug-likeness (QED) is 0.714. The molecule has 4 heteroatoms. The Morgan fingerprint density at radius 2 is 2.14 bits per heavy atom. The number of β-amino-alcohol motifs (C(OH)–C–C–N with tert-alkyl or cyclic N) is 1. The highest BCUT2D eigenvalue weighted by Crippen LogP contribution is 2.30. The van der Waals surface area contributed by atoms with Gasteiger partial charge in [0, 0.05) is 30.9 Å². The zero-order chi connectivity index (χ0) is 10.3. The molecule has 0 saturated carbocycles. The maximum absolute atomic E-state index is 10.2. The van der Waals surface area contributed by atoms with Gasteiger partial charge < -0.3 is 10.4 Å². The normalized spacial score (nSPS) is 19.4. The maximum Gasteiger partial charge on any atom is 0.118 e. The summed E-state index contributed by atoms with van der Waals surface area (Å²) in [4.78, 5) is 0. The fourth-order valence-corrected chi connectivity index (χ4v) is 2.22. The molecule has 2 rings (SSSR count). The molecule has 4 nitrogen and oxygen atoms in total. The summed E-state index contributed by atoms with van der Waals surface area (Å²) in [6.45, 7) is 8.19. The monoisotopic (exact) mass is 195 g/mol. The van der Waals surface area contributed by atoms with E-state index in [1.807, 2.05) is 18.5 Å². The first-order chi connectivity index (χ1) is 6.58. The Hall–Kier alpha value is -0.870. The molecular formula is C10H17N3O. The van der Waals surface area contributed by atoms with Gasteiger partial charge in [-0.05, 0) is 20.8 Å². The van der Waals surface area contributed by atoms with E-state index in [-0.39, 0.29) is 0 Å². The summed E-state index contributed by atoms with van der Waals surface area (Å²) in [6, 6.07) is 0. The number of aryl methyl sites for hydroxylation is 2. The van der Waals surface area contributed by atoms with E-state index in [1.165, 1.54) is 0 Å². The average Bonchev–Trinajstić information content (AvgIpc) is 2.38. The van der Waals surface area contributed by atoms with Crippen LogP contribution in [0.2, 0.25) is 0 Å². The van der Waals surface area contributed by atoms with Crippen LogP contribution in [0.4, 0.5) is 0 Å². The molecule has 78 valence electrons. The minimum atomic E-state index is -0.679. The van der Waals surface area contributed by atoms with Crippen molar-refractivity contribution >= 4 is 0 Å². The number of aromatic nitrogens is 2. The van der Waals surface area contributed by atoms with Crippen LogP contribution in [0.1, 0.15) is 23.9 Å². The van der Waals surface area contributed by atoms with Crippen LogP contribution in [0.25, 0.3) is 0 Å². The van der Waals surface area contributed by atoms with Crippen molar-refractivity contribution in [2.45, 2.75) is 32.9 Å². The Labute approximate surface area is 83.9 Å². The molecule has 1 aromatic rings. The van der Waals surface area contributed by atoms with E-state index >= 15 is 0 Å². The van der Waals surface area contributed by atoms with E-state index in [1.54, 1.807) is 0 Å². The molecule has 0 unspecified atom stereocenters. The van der Waals surface area contributed by atoms with Crippen molar-refractivity contribution in [3.05, 3.63) is 17.0 Å². The number of nitrogens with zero attached hydrogens (tertiary/aromatic N) is 2. The SMILES string of the molecule is CCn1nc(C)c(C2(O)CNC2)c1C. The topological polar surface area (TPSA) is 50.1 Å². The highest BCUT2D eigenvalue weighted by Gasteiger charge is 2.40. The lowest BCUT2D eigenvalue weighted by molar-refractivity contribution is -0.0158. The van der Waals surface area contributed by atoms with Crippen LogP contribution < -0.4 is 5.32 Å². The first kappa shape index (κ1) is 9.68. The molecule has 0 aromatic carbocycles. The standard InChI is InChI=1S/C10H17N3O/c1-4-13-8(3)9(7(2)12-13)10(14)5-11-6-10/h11,14H,4-6H2,1-3H3. The maximum atomic E-state index is 10.2. The third kappa shape index (κ3) is 1.18. The molecule has 1 aromatic heterocycles. The Kier molecular flexibility index (Phi) is 2.12. The predicted molar refractivity (Wildman–Crippen MR) is 54.1 cm³/mol. The predicted octanol–water partition coefficient (Wildman–Crippen LogP) is 0.311. The van der Waals surface area contributed by atoms with Crippen LogP contribution >= 0.6 is 0 Å². The smallest absolute Gasteiger partial charge is 0.118 e. The van der Waals surface area contributed by atoms with Gasteiger partial charge in [0.2, 0.25) is 0 Å². The van der Waals surface area contributed by atoms with Gasteiger partial charge in [-0.15, -0.1) is 0 Å². The van der Waals surface area contributed by atoms with Gasteiger partial charge in [0.05, 0.1) is 5.69 Å². The third-order valence-electron chi connectivity index (χ3n) is 2.98. The van der Waals surface area contributed by atoms with Crippen molar-refractivity contribution in [3.63, 3.8) is 0 Å². The van der Waals surface area contributed by atoms with Crippen LogP contribution in [-0.2, 0) is 12.1 Å². The first-order valence-corrected chi connectivity index (χ1v) is 5.06. The molecule has 14 heavy (non-hydrogen) atoms. The van der Waals surface area contributed by atoms with E-state index in [2.05, 4.69) is 17.3 Å². The number of rotatable bonds is 2. The second-order valence-corrected chi connectivity index (χ2v) is 4.00. The molecule has 0 bridgehead atoms. The minimum Gasteiger partial charge on any atom is -0.382 e. The fraction of sp³-hybridized carbons (Fsp3) is 0.700. The van der Waals surface area contributed by atoms with Crippen molar-refractivity contribution < 1.29 is 5.11 Å². The Bertz CT molecular complexity index is 352. The second-order valence-electron chi connectivity index (χ2n) is 4.00. The molecule has 0 aliphatic carbocycles. The molecule has 1 fully saturated rings. The van der Waals surface area contributed by atoms with Gasteiger partial charge in [-0.2, -0.15) is 5.10 Å². The molecule has 0 radical (unpaired) electrons. The van der Waals surface area contributed by atoms with Gasteiger partial charge >= 0.3 is 0 Å². The zero-order valence-electron chi connectivity index (χ0n) is 8.96.